The zero-order valence-corrected chi connectivity index (χ0v) is 18.9. The third-order valence-corrected chi connectivity index (χ3v) is 6.71. The van der Waals surface area contributed by atoms with Crippen molar-refractivity contribution in [2.45, 2.75) is 20.0 Å². The van der Waals surface area contributed by atoms with E-state index in [1.165, 1.54) is 11.1 Å². The van der Waals surface area contributed by atoms with E-state index in [1.807, 2.05) is 47.4 Å². The molecule has 0 aliphatic carbocycles. The van der Waals surface area contributed by atoms with Crippen molar-refractivity contribution in [1.82, 2.24) is 14.4 Å². The molecule has 2 aromatic carbocycles. The minimum Gasteiger partial charge on any atom is -0.463 e. The Labute approximate surface area is 192 Å². The van der Waals surface area contributed by atoms with E-state index in [9.17, 15) is 4.79 Å². The number of hydrogen-bond acceptors (Lipinski definition) is 3. The van der Waals surface area contributed by atoms with Crippen molar-refractivity contribution in [1.29, 1.82) is 0 Å². The number of piperazine rings is 1. The molecule has 1 fully saturated rings. The summed E-state index contributed by atoms with van der Waals surface area (Å²) in [5.41, 5.74) is 5.92. The molecule has 5 nitrogen and oxygen atoms in total. The summed E-state index contributed by atoms with van der Waals surface area (Å²) < 4.78 is 7.71. The number of aromatic nitrogens is 1. The minimum absolute atomic E-state index is 0.0578. The SMILES string of the molecule is Cc1ccccc1Cn1c(C(=O)N2CCN(Cc3ccccc3Cl)CC2)cc2occc21. The highest BCUT2D eigenvalue weighted by Gasteiger charge is 2.26. The number of benzene rings is 2. The lowest BCUT2D eigenvalue weighted by Crippen LogP contribution is -2.48. The Morgan fingerprint density at radius 2 is 1.66 bits per heavy atom. The first-order valence-electron chi connectivity index (χ1n) is 11.0. The molecule has 0 unspecified atom stereocenters. The second kappa shape index (κ2) is 8.85. The second-order valence-electron chi connectivity index (χ2n) is 8.37. The molecular formula is C26H26ClN3O2. The average molecular weight is 448 g/mol. The van der Waals surface area contributed by atoms with Gasteiger partial charge in [0.1, 0.15) is 5.69 Å². The van der Waals surface area contributed by atoms with Gasteiger partial charge in [-0.2, -0.15) is 0 Å². The van der Waals surface area contributed by atoms with Crippen molar-refractivity contribution < 1.29 is 9.21 Å². The van der Waals surface area contributed by atoms with E-state index in [0.29, 0.717) is 25.3 Å². The Bertz CT molecular complexity index is 1250. The Kier molecular flexibility index (Phi) is 5.77. The molecule has 0 saturated carbocycles. The van der Waals surface area contributed by atoms with Crippen molar-refractivity contribution in [2.75, 3.05) is 26.2 Å². The van der Waals surface area contributed by atoms with E-state index in [4.69, 9.17) is 16.0 Å². The van der Waals surface area contributed by atoms with E-state index in [1.54, 1.807) is 6.26 Å². The van der Waals surface area contributed by atoms with Gasteiger partial charge in [-0.1, -0.05) is 54.1 Å². The summed E-state index contributed by atoms with van der Waals surface area (Å²) in [6.45, 7) is 6.59. The lowest BCUT2D eigenvalue weighted by Gasteiger charge is -2.35. The molecule has 4 aromatic rings. The average Bonchev–Trinajstić information content (AvgIpc) is 3.39. The van der Waals surface area contributed by atoms with E-state index in [-0.39, 0.29) is 5.91 Å². The van der Waals surface area contributed by atoms with Gasteiger partial charge < -0.3 is 13.9 Å². The molecule has 0 atom stereocenters. The predicted molar refractivity (Wildman–Crippen MR) is 127 cm³/mol. The maximum Gasteiger partial charge on any atom is 0.270 e. The standard InChI is InChI=1S/C26H26ClN3O2/c1-19-6-2-3-7-20(19)18-30-23-10-15-32-25(23)16-24(30)26(31)29-13-11-28(12-14-29)17-21-8-4-5-9-22(21)27/h2-10,15-16H,11-14,17-18H2,1H3. The number of halogens is 1. The van der Waals surface area contributed by atoms with Crippen molar-refractivity contribution in [3.63, 3.8) is 0 Å². The number of rotatable bonds is 5. The van der Waals surface area contributed by atoms with Gasteiger partial charge >= 0.3 is 0 Å². The van der Waals surface area contributed by atoms with Crippen LogP contribution in [0.2, 0.25) is 5.02 Å². The molecule has 0 radical (unpaired) electrons. The van der Waals surface area contributed by atoms with Gasteiger partial charge in [0, 0.05) is 56.4 Å². The highest BCUT2D eigenvalue weighted by atomic mass is 35.5. The quantitative estimate of drug-likeness (QED) is 0.422. The van der Waals surface area contributed by atoms with Crippen LogP contribution in [0.3, 0.4) is 0 Å². The molecule has 1 aliphatic heterocycles. The molecule has 1 amide bonds. The van der Waals surface area contributed by atoms with E-state index >= 15 is 0 Å². The molecule has 3 heterocycles. The summed E-state index contributed by atoms with van der Waals surface area (Å²) >= 11 is 6.32. The summed E-state index contributed by atoms with van der Waals surface area (Å²) in [6, 6.07) is 20.1. The maximum absolute atomic E-state index is 13.5. The summed E-state index contributed by atoms with van der Waals surface area (Å²) in [4.78, 5) is 17.8. The molecule has 2 aromatic heterocycles. The van der Waals surface area contributed by atoms with Crippen LogP contribution >= 0.6 is 11.6 Å². The van der Waals surface area contributed by atoms with Crippen LogP contribution in [0.1, 0.15) is 27.2 Å². The maximum atomic E-state index is 13.5. The van der Waals surface area contributed by atoms with Crippen LogP contribution in [0.25, 0.3) is 11.1 Å². The summed E-state index contributed by atoms with van der Waals surface area (Å²) in [5.74, 6) is 0.0578. The van der Waals surface area contributed by atoms with Crippen LogP contribution in [0.5, 0.6) is 0 Å². The molecule has 0 spiro atoms. The van der Waals surface area contributed by atoms with E-state index < -0.39 is 0 Å². The molecule has 5 rings (SSSR count). The van der Waals surface area contributed by atoms with Crippen molar-refractivity contribution in [3.8, 4) is 0 Å². The van der Waals surface area contributed by atoms with Gasteiger partial charge in [0.2, 0.25) is 0 Å². The number of fused-ring (bicyclic) bond motifs is 1. The minimum atomic E-state index is 0.0578. The Morgan fingerprint density at radius 3 is 2.41 bits per heavy atom. The van der Waals surface area contributed by atoms with E-state index in [0.717, 1.165) is 41.3 Å². The molecular weight excluding hydrogens is 422 g/mol. The largest absolute Gasteiger partial charge is 0.463 e. The third kappa shape index (κ3) is 4.06. The number of aryl methyl sites for hydroxylation is 1. The molecule has 1 saturated heterocycles. The van der Waals surface area contributed by atoms with Gasteiger partial charge in [-0.15, -0.1) is 0 Å². The highest BCUT2D eigenvalue weighted by molar-refractivity contribution is 6.31. The predicted octanol–water partition coefficient (Wildman–Crippen LogP) is 5.20. The second-order valence-corrected chi connectivity index (χ2v) is 8.78. The molecule has 164 valence electrons. The van der Waals surface area contributed by atoms with Crippen LogP contribution in [-0.4, -0.2) is 46.5 Å². The van der Waals surface area contributed by atoms with Crippen LogP contribution in [-0.2, 0) is 13.1 Å². The number of carbonyl (C=O) groups is 1. The van der Waals surface area contributed by atoms with Gasteiger partial charge in [-0.3, -0.25) is 9.69 Å². The molecule has 6 heteroatoms. The zero-order valence-electron chi connectivity index (χ0n) is 18.1. The number of nitrogens with zero attached hydrogens (tertiary/aromatic N) is 3. The first kappa shape index (κ1) is 20.9. The van der Waals surface area contributed by atoms with Gasteiger partial charge in [0.05, 0.1) is 11.8 Å². The third-order valence-electron chi connectivity index (χ3n) is 6.34. The molecule has 32 heavy (non-hydrogen) atoms. The summed E-state index contributed by atoms with van der Waals surface area (Å²) in [6.07, 6.45) is 1.68. The van der Waals surface area contributed by atoms with Crippen LogP contribution in [0.4, 0.5) is 0 Å². The monoisotopic (exact) mass is 447 g/mol. The summed E-state index contributed by atoms with van der Waals surface area (Å²) in [5, 5.41) is 0.794. The van der Waals surface area contributed by atoms with Gasteiger partial charge in [0.25, 0.3) is 5.91 Å². The van der Waals surface area contributed by atoms with Crippen molar-refractivity contribution >= 4 is 28.6 Å². The number of carbonyl (C=O) groups excluding carboxylic acids is 1. The van der Waals surface area contributed by atoms with Gasteiger partial charge in [-0.05, 0) is 29.7 Å². The first-order valence-corrected chi connectivity index (χ1v) is 11.3. The number of amides is 1. The Hall–Kier alpha value is -3.02. The lowest BCUT2D eigenvalue weighted by atomic mass is 10.1. The Balaban J connectivity index is 1.33. The molecule has 1 aliphatic rings. The fraction of sp³-hybridized carbons (Fsp3) is 0.269. The number of furan rings is 1. The fourth-order valence-corrected chi connectivity index (χ4v) is 4.62. The van der Waals surface area contributed by atoms with Crippen LogP contribution in [0.15, 0.2) is 71.3 Å². The van der Waals surface area contributed by atoms with Crippen LogP contribution < -0.4 is 0 Å². The normalized spacial score (nSPS) is 14.9. The van der Waals surface area contributed by atoms with Gasteiger partial charge in [-0.25, -0.2) is 0 Å². The van der Waals surface area contributed by atoms with E-state index in [2.05, 4.69) is 34.6 Å². The molecule has 0 bridgehead atoms. The highest BCUT2D eigenvalue weighted by Crippen LogP contribution is 2.25. The van der Waals surface area contributed by atoms with Crippen LogP contribution in [0, 0.1) is 6.92 Å². The van der Waals surface area contributed by atoms with Crippen molar-refractivity contribution in [3.05, 3.63) is 94.3 Å². The van der Waals surface area contributed by atoms with Gasteiger partial charge in [0.15, 0.2) is 5.58 Å². The summed E-state index contributed by atoms with van der Waals surface area (Å²) in [7, 11) is 0. The Morgan fingerprint density at radius 1 is 0.938 bits per heavy atom. The smallest absolute Gasteiger partial charge is 0.270 e. The topological polar surface area (TPSA) is 41.6 Å². The molecule has 0 N–H and O–H groups in total. The zero-order chi connectivity index (χ0) is 22.1. The number of hydrogen-bond donors (Lipinski definition) is 0. The fourth-order valence-electron chi connectivity index (χ4n) is 4.42. The van der Waals surface area contributed by atoms with Crippen molar-refractivity contribution in [2.24, 2.45) is 0 Å². The lowest BCUT2D eigenvalue weighted by molar-refractivity contribution is 0.0619. The first-order chi connectivity index (χ1) is 15.6.